The smallest absolute Gasteiger partial charge is 0.254 e. The quantitative estimate of drug-likeness (QED) is 0.731. The van der Waals surface area contributed by atoms with Crippen LogP contribution in [0, 0.1) is 5.92 Å². The van der Waals surface area contributed by atoms with Gasteiger partial charge in [-0.25, -0.2) is 0 Å². The Morgan fingerprint density at radius 3 is 2.62 bits per heavy atom. The van der Waals surface area contributed by atoms with Gasteiger partial charge in [0, 0.05) is 61.6 Å². The number of carbonyl (C=O) groups is 2. The molecule has 5 rings (SSSR count). The Balaban J connectivity index is 1.25. The summed E-state index contributed by atoms with van der Waals surface area (Å²) in [5, 5.41) is 6.55. The number of anilines is 2. The number of carbonyl (C=O) groups excluding carboxylic acids is 2. The maximum absolute atomic E-state index is 13.2. The van der Waals surface area contributed by atoms with Gasteiger partial charge >= 0.3 is 0 Å². The van der Waals surface area contributed by atoms with Crippen molar-refractivity contribution in [3.63, 3.8) is 0 Å². The minimum atomic E-state index is -0.0541. The second kappa shape index (κ2) is 10.2. The van der Waals surface area contributed by atoms with E-state index in [1.165, 1.54) is 16.8 Å². The fourth-order valence-corrected chi connectivity index (χ4v) is 5.35. The first-order valence-electron chi connectivity index (χ1n) is 12.5. The number of piperazine rings is 1. The molecule has 7 nitrogen and oxygen atoms in total. The Morgan fingerprint density at radius 1 is 1.06 bits per heavy atom. The molecular weight excluding hydrogens is 428 g/mol. The van der Waals surface area contributed by atoms with Crippen LogP contribution < -0.4 is 15.5 Å². The minimum absolute atomic E-state index is 0.0136. The van der Waals surface area contributed by atoms with Gasteiger partial charge in [-0.15, -0.1) is 0 Å². The summed E-state index contributed by atoms with van der Waals surface area (Å²) in [6.07, 6.45) is 2.54. The van der Waals surface area contributed by atoms with Crippen LogP contribution in [0.3, 0.4) is 0 Å². The summed E-state index contributed by atoms with van der Waals surface area (Å²) < 4.78 is 5.33. The first kappa shape index (κ1) is 22.9. The molecule has 2 aliphatic heterocycles. The molecule has 0 radical (unpaired) electrons. The van der Waals surface area contributed by atoms with Gasteiger partial charge in [0.05, 0.1) is 13.2 Å². The first-order valence-corrected chi connectivity index (χ1v) is 12.5. The van der Waals surface area contributed by atoms with E-state index in [2.05, 4.69) is 40.7 Å². The first-order chi connectivity index (χ1) is 16.6. The number of benzene rings is 2. The molecule has 0 bridgehead atoms. The van der Waals surface area contributed by atoms with Crippen molar-refractivity contribution in [2.45, 2.75) is 32.2 Å². The molecule has 0 spiro atoms. The normalized spacial score (nSPS) is 22.7. The molecule has 2 aromatic rings. The number of morpholine rings is 1. The highest BCUT2D eigenvalue weighted by Crippen LogP contribution is 2.34. The van der Waals surface area contributed by atoms with Crippen LogP contribution in [0.15, 0.2) is 42.5 Å². The zero-order valence-electron chi connectivity index (χ0n) is 19.9. The third-order valence-corrected chi connectivity index (χ3v) is 7.34. The molecule has 2 fully saturated rings. The van der Waals surface area contributed by atoms with Crippen LogP contribution in [0.2, 0.25) is 0 Å². The molecule has 2 atom stereocenters. The Kier molecular flexibility index (Phi) is 6.83. The molecule has 2 N–H and O–H groups in total. The van der Waals surface area contributed by atoms with Crippen LogP contribution in [0.4, 0.5) is 11.4 Å². The van der Waals surface area contributed by atoms with Gasteiger partial charge in [-0.1, -0.05) is 12.1 Å². The maximum Gasteiger partial charge on any atom is 0.254 e. The minimum Gasteiger partial charge on any atom is -0.378 e. The van der Waals surface area contributed by atoms with Crippen molar-refractivity contribution in [2.75, 3.05) is 56.2 Å². The summed E-state index contributed by atoms with van der Waals surface area (Å²) in [6.45, 7) is 7.62. The topological polar surface area (TPSA) is 73.9 Å². The summed E-state index contributed by atoms with van der Waals surface area (Å²) in [4.78, 5) is 30.1. The zero-order valence-corrected chi connectivity index (χ0v) is 19.9. The van der Waals surface area contributed by atoms with Gasteiger partial charge in [0.1, 0.15) is 0 Å². The molecule has 2 unspecified atom stereocenters. The van der Waals surface area contributed by atoms with Crippen LogP contribution in [0.5, 0.6) is 0 Å². The summed E-state index contributed by atoms with van der Waals surface area (Å²) >= 11 is 0. The van der Waals surface area contributed by atoms with Gasteiger partial charge in [-0.05, 0) is 67.6 Å². The van der Waals surface area contributed by atoms with Crippen LogP contribution >= 0.6 is 0 Å². The predicted octanol–water partition coefficient (Wildman–Crippen LogP) is 2.70. The van der Waals surface area contributed by atoms with Gasteiger partial charge in [-0.2, -0.15) is 0 Å². The fraction of sp³-hybridized carbons (Fsp3) is 0.481. The Morgan fingerprint density at radius 2 is 1.85 bits per heavy atom. The van der Waals surface area contributed by atoms with Gasteiger partial charge in [0.2, 0.25) is 5.91 Å². The van der Waals surface area contributed by atoms with Gasteiger partial charge in [0.15, 0.2) is 0 Å². The Bertz CT molecular complexity index is 1030. The average molecular weight is 463 g/mol. The predicted molar refractivity (Wildman–Crippen MR) is 133 cm³/mol. The molecule has 2 saturated heterocycles. The molecule has 0 aromatic heterocycles. The van der Waals surface area contributed by atoms with E-state index in [0.29, 0.717) is 37.9 Å². The number of ether oxygens (including phenoxy) is 1. The highest BCUT2D eigenvalue weighted by molar-refractivity contribution is 5.96. The molecule has 34 heavy (non-hydrogen) atoms. The van der Waals surface area contributed by atoms with Crippen LogP contribution in [-0.4, -0.2) is 68.7 Å². The van der Waals surface area contributed by atoms with E-state index in [4.69, 9.17) is 4.74 Å². The zero-order chi connectivity index (χ0) is 23.5. The van der Waals surface area contributed by atoms with Crippen LogP contribution in [0.25, 0.3) is 0 Å². The molecule has 180 valence electrons. The molecule has 3 aliphatic rings. The number of hydrogen-bond acceptors (Lipinski definition) is 5. The monoisotopic (exact) mass is 462 g/mol. The molecular formula is C27H34N4O3. The number of nitrogens with zero attached hydrogens (tertiary/aromatic N) is 2. The van der Waals surface area contributed by atoms with E-state index in [9.17, 15) is 9.59 Å². The molecule has 1 aliphatic carbocycles. The van der Waals surface area contributed by atoms with E-state index in [1.807, 2.05) is 17.0 Å². The SMILES string of the molecule is CC1CNCCN1c1cccc2c1CC(C(=O)Nc1ccc(C(=O)N3CCOCC3)cc1)CC2. The number of fused-ring (bicyclic) bond motifs is 1. The number of rotatable bonds is 4. The van der Waals surface area contributed by atoms with Crippen molar-refractivity contribution in [3.8, 4) is 0 Å². The molecule has 7 heteroatoms. The summed E-state index contributed by atoms with van der Waals surface area (Å²) in [6, 6.07) is 14.3. The Hall–Kier alpha value is -2.90. The van der Waals surface area contributed by atoms with Crippen molar-refractivity contribution in [1.29, 1.82) is 0 Å². The summed E-state index contributed by atoms with van der Waals surface area (Å²) in [5.74, 6) is 0.0160. The van der Waals surface area contributed by atoms with Crippen LogP contribution in [-0.2, 0) is 22.4 Å². The van der Waals surface area contributed by atoms with E-state index in [1.54, 1.807) is 12.1 Å². The van der Waals surface area contributed by atoms with E-state index < -0.39 is 0 Å². The van der Waals surface area contributed by atoms with Crippen molar-refractivity contribution >= 4 is 23.2 Å². The lowest BCUT2D eigenvalue weighted by Gasteiger charge is -2.39. The standard InChI is InChI=1S/C27H34N4O3/c1-19-18-28-11-12-31(19)25-4-2-3-20-5-6-22(17-24(20)25)26(32)29-23-9-7-21(8-10-23)27(33)30-13-15-34-16-14-30/h2-4,7-10,19,22,28H,5-6,11-18H2,1H3,(H,29,32). The second-order valence-corrected chi connectivity index (χ2v) is 9.57. The summed E-state index contributed by atoms with van der Waals surface area (Å²) in [7, 11) is 0. The fourth-order valence-electron chi connectivity index (χ4n) is 5.35. The average Bonchev–Trinajstić information content (AvgIpc) is 2.89. The number of amides is 2. The lowest BCUT2D eigenvalue weighted by molar-refractivity contribution is -0.120. The van der Waals surface area contributed by atoms with Gasteiger partial charge in [-0.3, -0.25) is 9.59 Å². The second-order valence-electron chi connectivity index (χ2n) is 9.57. The number of nitrogens with one attached hydrogen (secondary N) is 2. The van der Waals surface area contributed by atoms with Crippen molar-refractivity contribution in [3.05, 3.63) is 59.2 Å². The maximum atomic E-state index is 13.2. The number of hydrogen-bond donors (Lipinski definition) is 2. The Labute approximate surface area is 201 Å². The van der Waals surface area contributed by atoms with Crippen LogP contribution in [0.1, 0.15) is 34.8 Å². The van der Waals surface area contributed by atoms with Crippen molar-refractivity contribution in [1.82, 2.24) is 10.2 Å². The highest BCUT2D eigenvalue weighted by Gasteiger charge is 2.29. The molecule has 2 heterocycles. The third-order valence-electron chi connectivity index (χ3n) is 7.34. The number of aryl methyl sites for hydroxylation is 1. The van der Waals surface area contributed by atoms with Gasteiger partial charge in [0.25, 0.3) is 5.91 Å². The van der Waals surface area contributed by atoms with E-state index >= 15 is 0 Å². The summed E-state index contributed by atoms with van der Waals surface area (Å²) in [5.41, 5.74) is 5.36. The van der Waals surface area contributed by atoms with Crippen molar-refractivity contribution < 1.29 is 14.3 Å². The van der Waals surface area contributed by atoms with Crippen molar-refractivity contribution in [2.24, 2.45) is 5.92 Å². The third kappa shape index (κ3) is 4.81. The van der Waals surface area contributed by atoms with Gasteiger partial charge < -0.3 is 25.2 Å². The van der Waals surface area contributed by atoms with E-state index in [-0.39, 0.29) is 17.7 Å². The van der Waals surface area contributed by atoms with E-state index in [0.717, 1.165) is 44.6 Å². The highest BCUT2D eigenvalue weighted by atomic mass is 16.5. The molecule has 2 aromatic carbocycles. The largest absolute Gasteiger partial charge is 0.378 e. The molecule has 0 saturated carbocycles. The lowest BCUT2D eigenvalue weighted by Crippen LogP contribution is -2.50. The lowest BCUT2D eigenvalue weighted by atomic mass is 9.82. The molecule has 2 amide bonds.